The van der Waals surface area contributed by atoms with Crippen molar-refractivity contribution >= 4 is 32.4 Å². The van der Waals surface area contributed by atoms with Gasteiger partial charge in [0.05, 0.1) is 28.7 Å². The van der Waals surface area contributed by atoms with E-state index in [2.05, 4.69) is 52.6 Å². The fraction of sp³-hybridized carbons (Fsp3) is 0.385. The molecule has 172 valence electrons. The van der Waals surface area contributed by atoms with Gasteiger partial charge >= 0.3 is 0 Å². The second-order valence-electron chi connectivity index (χ2n) is 9.08. The number of ether oxygens (including phenoxy) is 1. The Kier molecular flexibility index (Phi) is 5.85. The van der Waals surface area contributed by atoms with E-state index < -0.39 is 0 Å². The molecule has 1 saturated heterocycles. The maximum absolute atomic E-state index is 12.4. The summed E-state index contributed by atoms with van der Waals surface area (Å²) in [6, 6.07) is 14.8. The van der Waals surface area contributed by atoms with Crippen molar-refractivity contribution in [2.75, 3.05) is 33.3 Å². The lowest BCUT2D eigenvalue weighted by Crippen LogP contribution is -2.49. The number of amides is 1. The van der Waals surface area contributed by atoms with Crippen molar-refractivity contribution in [2.45, 2.75) is 27.3 Å². The van der Waals surface area contributed by atoms with Crippen molar-refractivity contribution in [3.63, 3.8) is 0 Å². The molecule has 7 heteroatoms. The Morgan fingerprint density at radius 2 is 1.82 bits per heavy atom. The maximum Gasteiger partial charge on any atom is 0.225 e. The van der Waals surface area contributed by atoms with Gasteiger partial charge in [-0.05, 0) is 25.1 Å². The first kappa shape index (κ1) is 21.9. The van der Waals surface area contributed by atoms with Crippen LogP contribution in [-0.4, -0.2) is 58.4 Å². The van der Waals surface area contributed by atoms with Crippen LogP contribution in [-0.2, 0) is 11.3 Å². The number of benzene rings is 2. The number of rotatable bonds is 5. The molecule has 0 atom stereocenters. The van der Waals surface area contributed by atoms with Crippen LogP contribution in [0, 0.1) is 12.8 Å². The molecule has 1 aliphatic rings. The zero-order chi connectivity index (χ0) is 23.1. The number of imidazole rings is 1. The number of methoxy groups -OCH3 is 1. The summed E-state index contributed by atoms with van der Waals surface area (Å²) in [5.41, 5.74) is 5.78. The van der Waals surface area contributed by atoms with E-state index in [1.165, 1.54) is 16.0 Å². The molecule has 3 heterocycles. The summed E-state index contributed by atoms with van der Waals surface area (Å²) >= 11 is 1.69. The second kappa shape index (κ2) is 8.80. The number of nitrogens with zero attached hydrogens (tertiary/aromatic N) is 4. The van der Waals surface area contributed by atoms with Crippen LogP contribution in [0.2, 0.25) is 0 Å². The van der Waals surface area contributed by atoms with Crippen molar-refractivity contribution in [1.82, 2.24) is 19.2 Å². The lowest BCUT2D eigenvalue weighted by atomic mass is 10.1. The smallest absolute Gasteiger partial charge is 0.225 e. The molecular formula is C26H30N4O2S. The summed E-state index contributed by atoms with van der Waals surface area (Å²) < 4.78 is 8.91. The van der Waals surface area contributed by atoms with Gasteiger partial charge in [0.25, 0.3) is 0 Å². The van der Waals surface area contributed by atoms with Crippen LogP contribution in [0.4, 0.5) is 0 Å². The summed E-state index contributed by atoms with van der Waals surface area (Å²) in [5, 5.41) is 0. The highest BCUT2D eigenvalue weighted by molar-refractivity contribution is 7.23. The molecule has 0 radical (unpaired) electrons. The summed E-state index contributed by atoms with van der Waals surface area (Å²) in [7, 11) is 1.70. The van der Waals surface area contributed by atoms with Crippen LogP contribution in [0.1, 0.15) is 25.1 Å². The molecule has 0 spiro atoms. The zero-order valence-electron chi connectivity index (χ0n) is 19.7. The third-order valence-electron chi connectivity index (χ3n) is 6.43. The molecule has 1 fully saturated rings. The number of fused-ring (bicyclic) bond motifs is 3. The second-order valence-corrected chi connectivity index (χ2v) is 10.1. The first-order valence-electron chi connectivity index (χ1n) is 11.5. The van der Waals surface area contributed by atoms with Crippen molar-refractivity contribution in [2.24, 2.45) is 5.92 Å². The molecule has 2 aromatic carbocycles. The molecule has 0 bridgehead atoms. The molecule has 0 N–H and O–H groups in total. The van der Waals surface area contributed by atoms with Gasteiger partial charge in [-0.2, -0.15) is 0 Å². The number of carbonyl (C=O) groups is 1. The van der Waals surface area contributed by atoms with Crippen LogP contribution < -0.4 is 4.74 Å². The Morgan fingerprint density at radius 3 is 2.48 bits per heavy atom. The van der Waals surface area contributed by atoms with Crippen LogP contribution in [0.25, 0.3) is 26.4 Å². The SMILES string of the molecule is COc1ccc2c(c1)sc1nc(-c3ccc(C)cc3)c(CN3CCN(C(=O)C(C)C)CC3)n12. The quantitative estimate of drug-likeness (QED) is 0.426. The highest BCUT2D eigenvalue weighted by Gasteiger charge is 2.26. The van der Waals surface area contributed by atoms with Crippen molar-refractivity contribution in [3.05, 3.63) is 53.7 Å². The molecule has 0 aliphatic carbocycles. The van der Waals surface area contributed by atoms with E-state index >= 15 is 0 Å². The lowest BCUT2D eigenvalue weighted by Gasteiger charge is -2.35. The molecule has 33 heavy (non-hydrogen) atoms. The highest BCUT2D eigenvalue weighted by Crippen LogP contribution is 2.35. The van der Waals surface area contributed by atoms with E-state index in [1.807, 2.05) is 24.8 Å². The van der Waals surface area contributed by atoms with Crippen LogP contribution in [0.3, 0.4) is 0 Å². The van der Waals surface area contributed by atoms with Crippen molar-refractivity contribution < 1.29 is 9.53 Å². The Labute approximate surface area is 198 Å². The summed E-state index contributed by atoms with van der Waals surface area (Å²) in [5.74, 6) is 1.16. The van der Waals surface area contributed by atoms with Gasteiger partial charge in [0.2, 0.25) is 5.91 Å². The fourth-order valence-electron chi connectivity index (χ4n) is 4.53. The fourth-order valence-corrected chi connectivity index (χ4v) is 5.60. The largest absolute Gasteiger partial charge is 0.497 e. The van der Waals surface area contributed by atoms with Gasteiger partial charge < -0.3 is 9.64 Å². The number of hydrogen-bond acceptors (Lipinski definition) is 5. The number of hydrogen-bond donors (Lipinski definition) is 0. The Bertz CT molecular complexity index is 1300. The highest BCUT2D eigenvalue weighted by atomic mass is 32.1. The summed E-state index contributed by atoms with van der Waals surface area (Å²) in [6.45, 7) is 10.1. The first-order valence-corrected chi connectivity index (χ1v) is 12.3. The molecule has 0 unspecified atom stereocenters. The predicted octanol–water partition coefficient (Wildman–Crippen LogP) is 4.83. The minimum Gasteiger partial charge on any atom is -0.497 e. The van der Waals surface area contributed by atoms with Crippen LogP contribution in [0.5, 0.6) is 5.75 Å². The first-order chi connectivity index (χ1) is 15.9. The minimum absolute atomic E-state index is 0.0494. The Balaban J connectivity index is 1.53. The maximum atomic E-state index is 12.4. The number of thiazole rings is 1. The van der Waals surface area contributed by atoms with E-state index in [0.29, 0.717) is 0 Å². The normalized spacial score (nSPS) is 15.1. The van der Waals surface area contributed by atoms with Gasteiger partial charge in [-0.1, -0.05) is 55.0 Å². The van der Waals surface area contributed by atoms with E-state index in [0.717, 1.165) is 60.2 Å². The van der Waals surface area contributed by atoms with E-state index in [1.54, 1.807) is 18.4 Å². The van der Waals surface area contributed by atoms with Crippen molar-refractivity contribution in [3.8, 4) is 17.0 Å². The van der Waals surface area contributed by atoms with Crippen LogP contribution >= 0.6 is 11.3 Å². The Hall–Kier alpha value is -2.90. The molecule has 0 saturated carbocycles. The van der Waals surface area contributed by atoms with Gasteiger partial charge in [-0.25, -0.2) is 4.98 Å². The molecule has 5 rings (SSSR count). The van der Waals surface area contributed by atoms with Gasteiger partial charge in [0.1, 0.15) is 5.75 Å². The van der Waals surface area contributed by atoms with E-state index in [4.69, 9.17) is 9.72 Å². The number of piperazine rings is 1. The van der Waals surface area contributed by atoms with Gasteiger partial charge in [-0.15, -0.1) is 0 Å². The van der Waals surface area contributed by atoms with Gasteiger partial charge in [0, 0.05) is 44.2 Å². The van der Waals surface area contributed by atoms with Crippen LogP contribution in [0.15, 0.2) is 42.5 Å². The molecule has 2 aromatic heterocycles. The van der Waals surface area contributed by atoms with E-state index in [9.17, 15) is 4.79 Å². The third kappa shape index (κ3) is 4.11. The van der Waals surface area contributed by atoms with Gasteiger partial charge in [-0.3, -0.25) is 14.1 Å². The number of carbonyl (C=O) groups excluding carboxylic acids is 1. The summed E-state index contributed by atoms with van der Waals surface area (Å²) in [4.78, 5) is 22.9. The van der Waals surface area contributed by atoms with E-state index in [-0.39, 0.29) is 11.8 Å². The lowest BCUT2D eigenvalue weighted by molar-refractivity contribution is -0.136. The predicted molar refractivity (Wildman–Crippen MR) is 134 cm³/mol. The zero-order valence-corrected chi connectivity index (χ0v) is 20.5. The number of aromatic nitrogens is 2. The Morgan fingerprint density at radius 1 is 1.09 bits per heavy atom. The van der Waals surface area contributed by atoms with Gasteiger partial charge in [0.15, 0.2) is 4.96 Å². The average Bonchev–Trinajstić information content (AvgIpc) is 3.35. The molecule has 4 aromatic rings. The molecular weight excluding hydrogens is 432 g/mol. The minimum atomic E-state index is 0.0494. The molecule has 1 amide bonds. The topological polar surface area (TPSA) is 50.1 Å². The standard InChI is InChI=1S/C26H30N4O2S/c1-17(2)25(31)29-13-11-28(12-14-29)16-22-24(19-7-5-18(3)6-8-19)27-26-30(22)21-10-9-20(32-4)15-23(21)33-26/h5-10,15,17H,11-14,16H2,1-4H3. The molecule has 6 nitrogen and oxygen atoms in total. The monoisotopic (exact) mass is 462 g/mol. The average molecular weight is 463 g/mol. The molecule has 1 aliphatic heterocycles. The summed E-state index contributed by atoms with van der Waals surface area (Å²) in [6.07, 6.45) is 0. The number of aryl methyl sites for hydroxylation is 1. The van der Waals surface area contributed by atoms with Crippen molar-refractivity contribution in [1.29, 1.82) is 0 Å². The third-order valence-corrected chi connectivity index (χ3v) is 7.43.